The van der Waals surface area contributed by atoms with Crippen molar-refractivity contribution in [2.75, 3.05) is 0 Å². The summed E-state index contributed by atoms with van der Waals surface area (Å²) in [6, 6.07) is 5.94. The second kappa shape index (κ2) is 6.24. The highest BCUT2D eigenvalue weighted by molar-refractivity contribution is 6.10. The van der Waals surface area contributed by atoms with E-state index in [1.165, 1.54) is 0 Å². The Morgan fingerprint density at radius 1 is 0.889 bits per heavy atom. The van der Waals surface area contributed by atoms with Crippen molar-refractivity contribution in [1.82, 2.24) is 0 Å². The highest BCUT2D eigenvalue weighted by Crippen LogP contribution is 2.16. The molecule has 0 atom stereocenters. The maximum absolute atomic E-state index is 11.8. The van der Waals surface area contributed by atoms with Gasteiger partial charge in [0.2, 0.25) is 0 Å². The van der Waals surface area contributed by atoms with Crippen LogP contribution in [0.5, 0.6) is 0 Å². The second-order valence-corrected chi connectivity index (χ2v) is 3.99. The summed E-state index contributed by atoms with van der Waals surface area (Å²) in [5.41, 5.74) is 1.00. The molecule has 0 aliphatic carbocycles. The summed E-state index contributed by atoms with van der Waals surface area (Å²) >= 11 is 0. The number of benzene rings is 1. The molecule has 0 N–H and O–H groups in total. The average Bonchev–Trinajstić information content (AvgIpc) is 2.43. The number of carbonyl (C=O) groups is 3. The minimum absolute atomic E-state index is 0.0735. The normalized spacial score (nSPS) is 10.2. The van der Waals surface area contributed by atoms with Gasteiger partial charge in [-0.15, -0.1) is 0 Å². The van der Waals surface area contributed by atoms with E-state index in [0.29, 0.717) is 30.4 Å². The van der Waals surface area contributed by atoms with Crippen molar-refractivity contribution in [3.8, 4) is 0 Å². The Bertz CT molecular complexity index is 487. The number of rotatable bonds is 6. The number of Topliss-reactive ketones (excluding diaryl/α,β-unsaturated/α-hetero) is 3. The van der Waals surface area contributed by atoms with Gasteiger partial charge in [0.05, 0.1) is 0 Å². The first-order valence-corrected chi connectivity index (χ1v) is 6.21. The molecule has 0 aliphatic heterocycles. The molecule has 0 aliphatic rings. The minimum Gasteiger partial charge on any atom is -0.294 e. The van der Waals surface area contributed by atoms with E-state index in [1.54, 1.807) is 32.9 Å². The first-order valence-electron chi connectivity index (χ1n) is 6.21. The van der Waals surface area contributed by atoms with Crippen LogP contribution in [0.4, 0.5) is 0 Å². The fourth-order valence-corrected chi connectivity index (χ4v) is 1.67. The molecule has 1 aromatic carbocycles. The third-order valence-electron chi connectivity index (χ3n) is 2.79. The standard InChI is InChI=1S/C15H17O3/c1-4-13(16)10-7-8-11(14(17)5-2)12(9-10)15(18)6-3/h7-8H,4-6H2,1-3H3. The van der Waals surface area contributed by atoms with Crippen LogP contribution in [-0.4, -0.2) is 17.3 Å². The molecular weight excluding hydrogens is 228 g/mol. The molecule has 0 bridgehead atoms. The molecule has 3 nitrogen and oxygen atoms in total. The van der Waals surface area contributed by atoms with Crippen molar-refractivity contribution in [2.24, 2.45) is 0 Å². The predicted octanol–water partition coefficient (Wildman–Crippen LogP) is 3.26. The van der Waals surface area contributed by atoms with Crippen LogP contribution in [0.15, 0.2) is 12.1 Å². The van der Waals surface area contributed by atoms with Gasteiger partial charge in [0.1, 0.15) is 0 Å². The Morgan fingerprint density at radius 2 is 1.44 bits per heavy atom. The van der Waals surface area contributed by atoms with Crippen molar-refractivity contribution in [3.05, 3.63) is 34.9 Å². The van der Waals surface area contributed by atoms with Crippen molar-refractivity contribution >= 4 is 17.3 Å². The fourth-order valence-electron chi connectivity index (χ4n) is 1.67. The Labute approximate surface area is 107 Å². The molecule has 3 heteroatoms. The van der Waals surface area contributed by atoms with Crippen molar-refractivity contribution in [2.45, 2.75) is 40.0 Å². The van der Waals surface area contributed by atoms with Crippen molar-refractivity contribution < 1.29 is 14.4 Å². The average molecular weight is 245 g/mol. The molecule has 95 valence electrons. The Kier molecular flexibility index (Phi) is 4.95. The van der Waals surface area contributed by atoms with Crippen molar-refractivity contribution in [3.63, 3.8) is 0 Å². The third kappa shape index (κ3) is 2.92. The lowest BCUT2D eigenvalue weighted by molar-refractivity contribution is 0.0953. The smallest absolute Gasteiger partial charge is 0.163 e. The van der Waals surface area contributed by atoms with E-state index in [0.717, 1.165) is 0 Å². The van der Waals surface area contributed by atoms with Crippen LogP contribution in [0.1, 0.15) is 71.1 Å². The Balaban J connectivity index is 3.33. The lowest BCUT2D eigenvalue weighted by atomic mass is 9.94. The molecule has 1 aromatic rings. The van der Waals surface area contributed by atoms with E-state index in [9.17, 15) is 14.4 Å². The van der Waals surface area contributed by atoms with Crippen LogP contribution < -0.4 is 0 Å². The van der Waals surface area contributed by atoms with E-state index < -0.39 is 0 Å². The summed E-state index contributed by atoms with van der Waals surface area (Å²) < 4.78 is 0. The van der Waals surface area contributed by atoms with E-state index >= 15 is 0 Å². The molecular formula is C15H17O3. The maximum Gasteiger partial charge on any atom is 0.163 e. The fraction of sp³-hybridized carbons (Fsp3) is 0.400. The molecule has 18 heavy (non-hydrogen) atoms. The van der Waals surface area contributed by atoms with Crippen LogP contribution >= 0.6 is 0 Å². The largest absolute Gasteiger partial charge is 0.294 e. The van der Waals surface area contributed by atoms with Gasteiger partial charge < -0.3 is 0 Å². The molecule has 0 spiro atoms. The third-order valence-corrected chi connectivity index (χ3v) is 2.79. The number of hydrogen-bond donors (Lipinski definition) is 0. The van der Waals surface area contributed by atoms with Crippen LogP contribution in [-0.2, 0) is 0 Å². The van der Waals surface area contributed by atoms with Gasteiger partial charge in [-0.2, -0.15) is 0 Å². The lowest BCUT2D eigenvalue weighted by Gasteiger charge is -2.07. The SMILES string of the molecule is CCC(=O)c1[c]c(C(=O)CC)c(C(=O)CC)cc1. The summed E-state index contributed by atoms with van der Waals surface area (Å²) in [5, 5.41) is 0. The Hall–Kier alpha value is -1.77. The number of hydrogen-bond acceptors (Lipinski definition) is 3. The first kappa shape index (κ1) is 14.3. The summed E-state index contributed by atoms with van der Waals surface area (Å²) in [4.78, 5) is 35.2. The Morgan fingerprint density at radius 3 is 1.94 bits per heavy atom. The summed E-state index contributed by atoms with van der Waals surface area (Å²) in [6.07, 6.45) is 0.987. The number of ketones is 3. The molecule has 0 saturated carbocycles. The van der Waals surface area contributed by atoms with Crippen LogP contribution in [0.25, 0.3) is 0 Å². The van der Waals surface area contributed by atoms with Crippen LogP contribution in [0, 0.1) is 6.07 Å². The molecule has 0 heterocycles. The van der Waals surface area contributed by atoms with Gasteiger partial charge in [-0.05, 0) is 6.07 Å². The quantitative estimate of drug-likeness (QED) is 0.723. The molecule has 0 saturated heterocycles. The van der Waals surface area contributed by atoms with Gasteiger partial charge in [0, 0.05) is 42.0 Å². The first-order chi connectivity index (χ1) is 8.54. The molecule has 0 unspecified atom stereocenters. The second-order valence-electron chi connectivity index (χ2n) is 3.99. The zero-order valence-electron chi connectivity index (χ0n) is 11.0. The number of carbonyl (C=O) groups excluding carboxylic acids is 3. The van der Waals surface area contributed by atoms with Gasteiger partial charge in [-0.1, -0.05) is 26.8 Å². The highest BCUT2D eigenvalue weighted by atomic mass is 16.1. The summed E-state index contributed by atoms with van der Waals surface area (Å²) in [5.74, 6) is -0.327. The van der Waals surface area contributed by atoms with Gasteiger partial charge in [0.25, 0.3) is 0 Å². The lowest BCUT2D eigenvalue weighted by Crippen LogP contribution is -2.10. The van der Waals surface area contributed by atoms with E-state index in [2.05, 4.69) is 6.07 Å². The molecule has 1 rings (SSSR count). The van der Waals surface area contributed by atoms with E-state index in [1.807, 2.05) is 0 Å². The van der Waals surface area contributed by atoms with Gasteiger partial charge in [-0.25, -0.2) is 0 Å². The van der Waals surface area contributed by atoms with Gasteiger partial charge in [-0.3, -0.25) is 14.4 Å². The van der Waals surface area contributed by atoms with E-state index in [-0.39, 0.29) is 22.9 Å². The zero-order chi connectivity index (χ0) is 13.7. The van der Waals surface area contributed by atoms with Crippen LogP contribution in [0.2, 0.25) is 0 Å². The predicted molar refractivity (Wildman–Crippen MR) is 69.1 cm³/mol. The molecule has 0 fully saturated rings. The molecule has 1 radical (unpaired) electrons. The van der Waals surface area contributed by atoms with E-state index in [4.69, 9.17) is 0 Å². The maximum atomic E-state index is 11.8. The monoisotopic (exact) mass is 245 g/mol. The van der Waals surface area contributed by atoms with Crippen molar-refractivity contribution in [1.29, 1.82) is 0 Å². The summed E-state index contributed by atoms with van der Waals surface area (Å²) in [7, 11) is 0. The van der Waals surface area contributed by atoms with Gasteiger partial charge >= 0.3 is 0 Å². The summed E-state index contributed by atoms with van der Waals surface area (Å²) in [6.45, 7) is 5.22. The minimum atomic E-state index is -0.155. The van der Waals surface area contributed by atoms with Crippen LogP contribution in [0.3, 0.4) is 0 Å². The molecule has 0 aromatic heterocycles. The molecule has 0 amide bonds. The van der Waals surface area contributed by atoms with Gasteiger partial charge in [0.15, 0.2) is 17.3 Å². The zero-order valence-corrected chi connectivity index (χ0v) is 11.0. The highest BCUT2D eigenvalue weighted by Gasteiger charge is 2.17. The topological polar surface area (TPSA) is 51.2 Å².